The molecule has 0 bridgehead atoms. The van der Waals surface area contributed by atoms with Gasteiger partial charge in [-0.25, -0.2) is 0 Å². The normalized spacial score (nSPS) is 12.7. The van der Waals surface area contributed by atoms with Gasteiger partial charge in [-0.3, -0.25) is 4.68 Å². The number of benzene rings is 1. The Morgan fingerprint density at radius 2 is 2.17 bits per heavy atom. The van der Waals surface area contributed by atoms with Gasteiger partial charge in [0.2, 0.25) is 0 Å². The molecule has 1 N–H and O–H groups in total. The number of rotatable bonds is 4. The zero-order valence-electron chi connectivity index (χ0n) is 9.98. The Hall–Kier alpha value is -1.03. The molecule has 0 amide bonds. The van der Waals surface area contributed by atoms with E-state index in [-0.39, 0.29) is 0 Å². The van der Waals surface area contributed by atoms with Gasteiger partial charge >= 0.3 is 0 Å². The summed E-state index contributed by atoms with van der Waals surface area (Å²) in [5.74, 6) is 0. The lowest BCUT2D eigenvalue weighted by atomic mass is 10.0. The van der Waals surface area contributed by atoms with Crippen LogP contribution in [-0.4, -0.2) is 14.9 Å². The Balaban J connectivity index is 2.15. The highest BCUT2D eigenvalue weighted by molar-refractivity contribution is 6.42. The maximum absolute atomic E-state index is 10.1. The molecule has 1 unspecified atom stereocenters. The first-order valence-electron chi connectivity index (χ1n) is 5.75. The molecule has 0 aliphatic rings. The molecule has 0 aliphatic heterocycles. The fraction of sp³-hybridized carbons (Fsp3) is 0.308. The molecule has 2 rings (SSSR count). The molecule has 18 heavy (non-hydrogen) atoms. The lowest BCUT2D eigenvalue weighted by molar-refractivity contribution is 0.178. The Bertz CT molecular complexity index is 540. The number of halogens is 2. The summed E-state index contributed by atoms with van der Waals surface area (Å²) in [5.41, 5.74) is 1.62. The summed E-state index contributed by atoms with van der Waals surface area (Å²) in [4.78, 5) is 0. The van der Waals surface area contributed by atoms with E-state index in [2.05, 4.69) is 5.10 Å². The summed E-state index contributed by atoms with van der Waals surface area (Å²) < 4.78 is 1.78. The third kappa shape index (κ3) is 2.86. The first kappa shape index (κ1) is 13.4. The number of hydrogen-bond acceptors (Lipinski definition) is 2. The van der Waals surface area contributed by atoms with Gasteiger partial charge in [0.05, 0.1) is 22.3 Å². The van der Waals surface area contributed by atoms with E-state index in [1.807, 2.05) is 25.3 Å². The second-order valence-electron chi connectivity index (χ2n) is 4.06. The van der Waals surface area contributed by atoms with Crippen LogP contribution in [0, 0.1) is 0 Å². The zero-order valence-corrected chi connectivity index (χ0v) is 11.5. The number of aromatic nitrogens is 2. The average molecular weight is 285 g/mol. The standard InChI is InChI=1S/C13H14Cl2N2O/c1-2-17-8-10(7-16-17)12(18)6-9-4-3-5-11(14)13(9)15/h3-5,7-8,12,18H,2,6H2,1H3. The van der Waals surface area contributed by atoms with Crippen LogP contribution in [0.3, 0.4) is 0 Å². The zero-order chi connectivity index (χ0) is 13.1. The fourth-order valence-corrected chi connectivity index (χ4v) is 2.15. The number of nitrogens with zero attached hydrogens (tertiary/aromatic N) is 2. The molecular weight excluding hydrogens is 271 g/mol. The summed E-state index contributed by atoms with van der Waals surface area (Å²) in [6.45, 7) is 2.78. The van der Waals surface area contributed by atoms with Gasteiger partial charge in [-0.05, 0) is 18.6 Å². The molecule has 5 heteroatoms. The lowest BCUT2D eigenvalue weighted by Crippen LogP contribution is -2.01. The van der Waals surface area contributed by atoms with E-state index in [9.17, 15) is 5.11 Å². The molecular formula is C13H14Cl2N2O. The summed E-state index contributed by atoms with van der Waals surface area (Å²) in [7, 11) is 0. The SMILES string of the molecule is CCn1cc(C(O)Cc2cccc(Cl)c2Cl)cn1. The summed E-state index contributed by atoms with van der Waals surface area (Å²) in [5, 5.41) is 15.3. The van der Waals surface area contributed by atoms with Gasteiger partial charge in [0.15, 0.2) is 0 Å². The van der Waals surface area contributed by atoms with Gasteiger partial charge in [0, 0.05) is 24.7 Å². The van der Waals surface area contributed by atoms with Crippen LogP contribution in [0.15, 0.2) is 30.6 Å². The molecule has 1 atom stereocenters. The Labute approximate surface area is 116 Å². The average Bonchev–Trinajstić information content (AvgIpc) is 2.83. The second-order valence-corrected chi connectivity index (χ2v) is 4.85. The van der Waals surface area contributed by atoms with Gasteiger partial charge in [-0.15, -0.1) is 0 Å². The van der Waals surface area contributed by atoms with Crippen LogP contribution in [0.1, 0.15) is 24.2 Å². The van der Waals surface area contributed by atoms with E-state index in [4.69, 9.17) is 23.2 Å². The van der Waals surface area contributed by atoms with Gasteiger partial charge < -0.3 is 5.11 Å². The Morgan fingerprint density at radius 1 is 1.39 bits per heavy atom. The fourth-order valence-electron chi connectivity index (χ4n) is 1.76. The van der Waals surface area contributed by atoms with E-state index in [0.717, 1.165) is 17.7 Å². The molecule has 3 nitrogen and oxygen atoms in total. The molecule has 0 spiro atoms. The highest BCUT2D eigenvalue weighted by Gasteiger charge is 2.13. The van der Waals surface area contributed by atoms with E-state index < -0.39 is 6.10 Å². The summed E-state index contributed by atoms with van der Waals surface area (Å²) in [6, 6.07) is 5.42. The Morgan fingerprint density at radius 3 is 2.83 bits per heavy atom. The van der Waals surface area contributed by atoms with Crippen molar-refractivity contribution in [3.8, 4) is 0 Å². The van der Waals surface area contributed by atoms with E-state index in [1.54, 1.807) is 16.9 Å². The summed E-state index contributed by atoms with van der Waals surface area (Å²) >= 11 is 12.0. The molecule has 1 heterocycles. The van der Waals surface area contributed by atoms with Crippen LogP contribution in [0.2, 0.25) is 10.0 Å². The van der Waals surface area contributed by atoms with Crippen molar-refractivity contribution >= 4 is 23.2 Å². The minimum atomic E-state index is -0.624. The second kappa shape index (κ2) is 5.74. The van der Waals surface area contributed by atoms with Crippen molar-refractivity contribution in [3.63, 3.8) is 0 Å². The third-order valence-electron chi connectivity index (χ3n) is 2.81. The maximum Gasteiger partial charge on any atom is 0.0861 e. The van der Waals surface area contributed by atoms with Gasteiger partial charge in [0.1, 0.15) is 0 Å². The first-order chi connectivity index (χ1) is 8.61. The van der Waals surface area contributed by atoms with E-state index >= 15 is 0 Å². The maximum atomic E-state index is 10.1. The van der Waals surface area contributed by atoms with Crippen molar-refractivity contribution in [2.45, 2.75) is 26.0 Å². The monoisotopic (exact) mass is 284 g/mol. The number of aliphatic hydroxyl groups excluding tert-OH is 1. The van der Waals surface area contributed by atoms with Crippen molar-refractivity contribution in [1.29, 1.82) is 0 Å². The van der Waals surface area contributed by atoms with Crippen molar-refractivity contribution in [2.24, 2.45) is 0 Å². The lowest BCUT2D eigenvalue weighted by Gasteiger charge is -2.10. The minimum Gasteiger partial charge on any atom is -0.388 e. The van der Waals surface area contributed by atoms with E-state index in [1.165, 1.54) is 0 Å². The summed E-state index contributed by atoms with van der Waals surface area (Å²) in [6.07, 6.45) is 3.31. The molecule has 1 aromatic heterocycles. The largest absolute Gasteiger partial charge is 0.388 e. The van der Waals surface area contributed by atoms with Crippen molar-refractivity contribution < 1.29 is 5.11 Å². The molecule has 0 aliphatic carbocycles. The molecule has 0 saturated carbocycles. The van der Waals surface area contributed by atoms with Crippen molar-refractivity contribution in [1.82, 2.24) is 9.78 Å². The van der Waals surface area contributed by atoms with Gasteiger partial charge in [-0.1, -0.05) is 35.3 Å². The van der Waals surface area contributed by atoms with Crippen LogP contribution < -0.4 is 0 Å². The van der Waals surface area contributed by atoms with Crippen LogP contribution in [0.4, 0.5) is 0 Å². The highest BCUT2D eigenvalue weighted by atomic mass is 35.5. The number of hydrogen-bond donors (Lipinski definition) is 1. The number of aliphatic hydroxyl groups is 1. The van der Waals surface area contributed by atoms with E-state index in [0.29, 0.717) is 16.5 Å². The number of aryl methyl sites for hydroxylation is 1. The predicted octanol–water partition coefficient (Wildman–Crippen LogP) is 3.49. The molecule has 0 fully saturated rings. The van der Waals surface area contributed by atoms with Crippen LogP contribution >= 0.6 is 23.2 Å². The topological polar surface area (TPSA) is 38.0 Å². The van der Waals surface area contributed by atoms with Crippen molar-refractivity contribution in [3.05, 3.63) is 51.8 Å². The molecule has 96 valence electrons. The predicted molar refractivity (Wildman–Crippen MR) is 73.0 cm³/mol. The Kier molecular flexibility index (Phi) is 4.27. The molecule has 2 aromatic rings. The molecule has 0 saturated heterocycles. The van der Waals surface area contributed by atoms with Gasteiger partial charge in [0.25, 0.3) is 0 Å². The van der Waals surface area contributed by atoms with Crippen LogP contribution in [0.25, 0.3) is 0 Å². The van der Waals surface area contributed by atoms with Crippen LogP contribution in [-0.2, 0) is 13.0 Å². The van der Waals surface area contributed by atoms with Crippen LogP contribution in [0.5, 0.6) is 0 Å². The molecule has 0 radical (unpaired) electrons. The van der Waals surface area contributed by atoms with Crippen molar-refractivity contribution in [2.75, 3.05) is 0 Å². The molecule has 1 aromatic carbocycles. The minimum absolute atomic E-state index is 0.425. The third-order valence-corrected chi connectivity index (χ3v) is 3.66. The first-order valence-corrected chi connectivity index (χ1v) is 6.50. The highest BCUT2D eigenvalue weighted by Crippen LogP contribution is 2.29. The van der Waals surface area contributed by atoms with Gasteiger partial charge in [-0.2, -0.15) is 5.10 Å². The smallest absolute Gasteiger partial charge is 0.0861 e. The quantitative estimate of drug-likeness (QED) is 0.933.